The number of ether oxygens (including phenoxy) is 2. The van der Waals surface area contributed by atoms with Crippen LogP contribution in [0.5, 0.6) is 5.75 Å². The van der Waals surface area contributed by atoms with Crippen molar-refractivity contribution in [3.8, 4) is 11.8 Å². The molecule has 0 spiro atoms. The van der Waals surface area contributed by atoms with Crippen LogP contribution < -0.4 is 4.74 Å². The van der Waals surface area contributed by atoms with Crippen LogP contribution in [0.3, 0.4) is 0 Å². The summed E-state index contributed by atoms with van der Waals surface area (Å²) in [6.45, 7) is 5.24. The summed E-state index contributed by atoms with van der Waals surface area (Å²) in [5, 5.41) is 9.56. The minimum atomic E-state index is -0.597. The maximum atomic E-state index is 13.1. The summed E-state index contributed by atoms with van der Waals surface area (Å²) >= 11 is 3.36. The Morgan fingerprint density at radius 3 is 2.52 bits per heavy atom. The van der Waals surface area contributed by atoms with Gasteiger partial charge in [0.25, 0.3) is 0 Å². The highest BCUT2D eigenvalue weighted by atomic mass is 79.9. The van der Waals surface area contributed by atoms with Crippen LogP contribution in [0, 0.1) is 25.2 Å². The molecule has 2 aromatic rings. The molecule has 0 unspecified atom stereocenters. The van der Waals surface area contributed by atoms with Crippen LogP contribution in [0.4, 0.5) is 0 Å². The van der Waals surface area contributed by atoms with Crippen molar-refractivity contribution in [1.82, 2.24) is 4.98 Å². The molecule has 0 amide bonds. The van der Waals surface area contributed by atoms with Crippen LogP contribution in [0.15, 0.2) is 28.2 Å². The van der Waals surface area contributed by atoms with Gasteiger partial charge in [-0.2, -0.15) is 5.26 Å². The van der Waals surface area contributed by atoms with Crippen LogP contribution in [0.1, 0.15) is 44.6 Å². The largest absolute Gasteiger partial charge is 0.496 e. The number of aromatic amines is 1. The molecule has 140 valence electrons. The topological polar surface area (TPSA) is 92.2 Å². The quantitative estimate of drug-likeness (QED) is 0.317. The molecule has 6 nitrogen and oxygen atoms in total. The second-order valence-corrected chi connectivity index (χ2v) is 6.65. The molecule has 0 saturated heterocycles. The maximum Gasteiger partial charge on any atom is 0.340 e. The summed E-state index contributed by atoms with van der Waals surface area (Å²) in [5.41, 5.74) is 1.78. The molecule has 0 aliphatic carbocycles. The van der Waals surface area contributed by atoms with E-state index in [1.165, 1.54) is 13.2 Å². The summed E-state index contributed by atoms with van der Waals surface area (Å²) in [7, 11) is 1.51. The monoisotopic (exact) mass is 430 g/mol. The Balaban J connectivity index is 2.58. The molecule has 1 aromatic carbocycles. The molecule has 1 N–H and O–H groups in total. The Morgan fingerprint density at radius 1 is 1.26 bits per heavy atom. The number of nitrogens with one attached hydrogen (secondary N) is 1. The van der Waals surface area contributed by atoms with Gasteiger partial charge in [0.1, 0.15) is 17.4 Å². The average Bonchev–Trinajstić information content (AvgIpc) is 2.93. The van der Waals surface area contributed by atoms with Gasteiger partial charge in [-0.05, 0) is 45.0 Å². The van der Waals surface area contributed by atoms with Gasteiger partial charge in [-0.1, -0.05) is 15.9 Å². The highest BCUT2D eigenvalue weighted by molar-refractivity contribution is 9.10. The summed E-state index contributed by atoms with van der Waals surface area (Å²) in [6, 6.07) is 7.19. The molecule has 0 fully saturated rings. The number of H-pyrrole nitrogens is 1. The van der Waals surface area contributed by atoms with Gasteiger partial charge in [-0.25, -0.2) is 4.79 Å². The normalized spacial score (nSPS) is 11.0. The lowest BCUT2D eigenvalue weighted by atomic mass is 9.97. The number of Topliss-reactive ketones (excluding diaryl/α,β-unsaturated/α-hetero) is 1. The van der Waals surface area contributed by atoms with Crippen molar-refractivity contribution < 1.29 is 19.1 Å². The molecule has 27 heavy (non-hydrogen) atoms. The Morgan fingerprint density at radius 2 is 1.93 bits per heavy atom. The molecule has 0 atom stereocenters. The third kappa shape index (κ3) is 4.29. The molecule has 0 radical (unpaired) electrons. The number of nitrogens with zero attached hydrogens (tertiary/aromatic N) is 1. The van der Waals surface area contributed by atoms with Crippen LogP contribution in [0.25, 0.3) is 6.08 Å². The number of esters is 1. The standard InChI is InChI=1S/C20H19BrN2O4/c1-5-27-20(25)18-12(3)23-11(2)17(18)19(24)14(10-22)8-13-9-15(21)6-7-16(13)26-4/h6-9,23H,5H2,1-4H3/b14-8+. The summed E-state index contributed by atoms with van der Waals surface area (Å²) < 4.78 is 11.1. The molecular formula is C20H19BrN2O4. The van der Waals surface area contributed by atoms with Crippen molar-refractivity contribution >= 4 is 33.8 Å². The lowest BCUT2D eigenvalue weighted by molar-refractivity contribution is 0.0523. The van der Waals surface area contributed by atoms with Crippen molar-refractivity contribution in [3.63, 3.8) is 0 Å². The fraction of sp³-hybridized carbons (Fsp3) is 0.250. The van der Waals surface area contributed by atoms with Gasteiger partial charge < -0.3 is 14.5 Å². The highest BCUT2D eigenvalue weighted by Crippen LogP contribution is 2.28. The minimum Gasteiger partial charge on any atom is -0.496 e. The van der Waals surface area contributed by atoms with E-state index in [9.17, 15) is 14.9 Å². The Labute approximate surface area is 165 Å². The number of hydrogen-bond acceptors (Lipinski definition) is 5. The Bertz CT molecular complexity index is 967. The first-order chi connectivity index (χ1) is 12.8. The first-order valence-corrected chi connectivity index (χ1v) is 8.99. The molecule has 0 aliphatic heterocycles. The van der Waals surface area contributed by atoms with E-state index in [1.54, 1.807) is 39.0 Å². The number of benzene rings is 1. The predicted molar refractivity (Wildman–Crippen MR) is 105 cm³/mol. The van der Waals surface area contributed by atoms with Crippen molar-refractivity contribution in [1.29, 1.82) is 5.26 Å². The van der Waals surface area contributed by atoms with Gasteiger partial charge in [0.05, 0.1) is 24.8 Å². The molecule has 1 aromatic heterocycles. The van der Waals surface area contributed by atoms with Crippen molar-refractivity contribution in [2.45, 2.75) is 20.8 Å². The number of halogens is 1. The molecule has 2 rings (SSSR count). The first kappa shape index (κ1) is 20.5. The Kier molecular flexibility index (Phi) is 6.59. The first-order valence-electron chi connectivity index (χ1n) is 8.20. The van der Waals surface area contributed by atoms with Gasteiger partial charge in [0.2, 0.25) is 5.78 Å². The molecular weight excluding hydrogens is 412 g/mol. The van der Waals surface area contributed by atoms with E-state index < -0.39 is 11.8 Å². The second-order valence-electron chi connectivity index (χ2n) is 5.73. The summed E-state index contributed by atoms with van der Waals surface area (Å²) in [5.74, 6) is -0.629. The van der Waals surface area contributed by atoms with E-state index in [2.05, 4.69) is 20.9 Å². The highest BCUT2D eigenvalue weighted by Gasteiger charge is 2.27. The number of hydrogen-bond donors (Lipinski definition) is 1. The van der Waals surface area contributed by atoms with E-state index in [0.717, 1.165) is 4.47 Å². The molecule has 0 aliphatic rings. The molecule has 0 saturated carbocycles. The number of aryl methyl sites for hydroxylation is 2. The second kappa shape index (κ2) is 8.69. The van der Waals surface area contributed by atoms with Crippen molar-refractivity contribution in [2.75, 3.05) is 13.7 Å². The van der Waals surface area contributed by atoms with Gasteiger partial charge in [0.15, 0.2) is 0 Å². The summed E-state index contributed by atoms with van der Waals surface area (Å²) in [6.07, 6.45) is 1.45. The number of methoxy groups -OCH3 is 1. The van der Waals surface area contributed by atoms with E-state index in [4.69, 9.17) is 9.47 Å². The number of nitriles is 1. The number of carbonyl (C=O) groups is 2. The zero-order valence-electron chi connectivity index (χ0n) is 15.5. The SMILES string of the molecule is CCOC(=O)c1c(C)[nH]c(C)c1C(=O)/C(C#N)=C/c1cc(Br)ccc1OC. The van der Waals surface area contributed by atoms with E-state index >= 15 is 0 Å². The van der Waals surface area contributed by atoms with Crippen LogP contribution in [-0.4, -0.2) is 30.5 Å². The fourth-order valence-electron chi connectivity index (χ4n) is 2.78. The molecule has 1 heterocycles. The number of rotatable bonds is 6. The van der Waals surface area contributed by atoms with Gasteiger partial charge in [0, 0.05) is 21.4 Å². The number of aromatic nitrogens is 1. The lowest BCUT2D eigenvalue weighted by Gasteiger charge is -2.07. The smallest absolute Gasteiger partial charge is 0.340 e. The van der Waals surface area contributed by atoms with Crippen LogP contribution in [0.2, 0.25) is 0 Å². The minimum absolute atomic E-state index is 0.112. The van der Waals surface area contributed by atoms with Gasteiger partial charge >= 0.3 is 5.97 Å². The van der Waals surface area contributed by atoms with Gasteiger partial charge in [-0.15, -0.1) is 0 Å². The number of allylic oxidation sites excluding steroid dienone is 1. The summed E-state index contributed by atoms with van der Waals surface area (Å²) in [4.78, 5) is 28.3. The fourth-order valence-corrected chi connectivity index (χ4v) is 3.16. The molecule has 0 bridgehead atoms. The zero-order chi connectivity index (χ0) is 20.1. The van der Waals surface area contributed by atoms with Crippen LogP contribution in [-0.2, 0) is 4.74 Å². The Hall–Kier alpha value is -2.85. The third-order valence-corrected chi connectivity index (χ3v) is 4.43. The van der Waals surface area contributed by atoms with E-state index in [0.29, 0.717) is 22.7 Å². The third-order valence-electron chi connectivity index (χ3n) is 3.94. The maximum absolute atomic E-state index is 13.1. The van der Waals surface area contributed by atoms with Crippen molar-refractivity contribution in [2.24, 2.45) is 0 Å². The zero-order valence-corrected chi connectivity index (χ0v) is 17.1. The average molecular weight is 431 g/mol. The number of carbonyl (C=O) groups excluding carboxylic acids is 2. The predicted octanol–water partition coefficient (Wildman–Crippen LogP) is 4.37. The van der Waals surface area contributed by atoms with E-state index in [-0.39, 0.29) is 23.3 Å². The molecule has 7 heteroatoms. The van der Waals surface area contributed by atoms with Gasteiger partial charge in [-0.3, -0.25) is 4.79 Å². The van der Waals surface area contributed by atoms with E-state index in [1.807, 2.05) is 6.07 Å². The lowest BCUT2D eigenvalue weighted by Crippen LogP contribution is -2.13. The van der Waals surface area contributed by atoms with Crippen LogP contribution >= 0.6 is 15.9 Å². The van der Waals surface area contributed by atoms with Crippen molar-refractivity contribution in [3.05, 3.63) is 56.3 Å². The number of ketones is 1.